The van der Waals surface area contributed by atoms with Gasteiger partial charge in [-0.3, -0.25) is 0 Å². The number of hydrogen-bond donors (Lipinski definition) is 1. The Hall–Kier alpha value is -1.64. The van der Waals surface area contributed by atoms with Gasteiger partial charge in [-0.25, -0.2) is 0 Å². The van der Waals surface area contributed by atoms with E-state index >= 15 is 0 Å². The molecule has 78 valence electrons. The number of azide groups is 1. The molecule has 1 N–H and O–H groups in total. The van der Waals surface area contributed by atoms with E-state index in [1.54, 1.807) is 12.1 Å². The van der Waals surface area contributed by atoms with Crippen molar-refractivity contribution in [2.45, 2.75) is 6.42 Å². The number of phenolic OH excluding ortho intramolecular Hbond substituents is 1. The Balaban J connectivity index is 2.59. The lowest BCUT2D eigenvalue weighted by molar-refractivity contribution is 0.475. The van der Waals surface area contributed by atoms with E-state index in [1.807, 2.05) is 12.2 Å². The van der Waals surface area contributed by atoms with Crippen molar-refractivity contribution in [3.8, 4) is 5.75 Å². The molecule has 0 spiro atoms. The normalized spacial score (nSPS) is 10.2. The highest BCUT2D eigenvalue weighted by molar-refractivity contribution is 6.30. The first-order valence-electron chi connectivity index (χ1n) is 4.39. The molecule has 1 aromatic rings. The summed E-state index contributed by atoms with van der Waals surface area (Å²) < 4.78 is 0. The van der Waals surface area contributed by atoms with Gasteiger partial charge in [0, 0.05) is 16.5 Å². The fourth-order valence-corrected chi connectivity index (χ4v) is 1.33. The molecule has 5 heteroatoms. The lowest BCUT2D eigenvalue weighted by atomic mass is 10.2. The molecular formula is C10H10ClN3O. The minimum Gasteiger partial charge on any atom is -0.508 e. The molecule has 0 radical (unpaired) electrons. The molecule has 4 nitrogen and oxygen atoms in total. The molecule has 15 heavy (non-hydrogen) atoms. The van der Waals surface area contributed by atoms with E-state index in [0.717, 1.165) is 5.56 Å². The van der Waals surface area contributed by atoms with Gasteiger partial charge in [0.25, 0.3) is 0 Å². The lowest BCUT2D eigenvalue weighted by Gasteiger charge is -1.97. The van der Waals surface area contributed by atoms with Crippen LogP contribution in [0.5, 0.6) is 5.75 Å². The lowest BCUT2D eigenvalue weighted by Crippen LogP contribution is -1.75. The standard InChI is InChI=1S/C10H10ClN3O/c11-9-5-8(6-10(15)7-9)3-1-2-4-13-14-12/h1,3,5-7,15H,2,4H2. The highest BCUT2D eigenvalue weighted by atomic mass is 35.5. The van der Waals surface area contributed by atoms with Gasteiger partial charge in [-0.1, -0.05) is 28.9 Å². The minimum atomic E-state index is 0.136. The van der Waals surface area contributed by atoms with Gasteiger partial charge in [-0.05, 0) is 35.7 Å². The van der Waals surface area contributed by atoms with Gasteiger partial charge < -0.3 is 5.11 Å². The number of benzene rings is 1. The summed E-state index contributed by atoms with van der Waals surface area (Å²) in [6.45, 7) is 0.430. The zero-order valence-electron chi connectivity index (χ0n) is 7.97. The molecule has 0 bridgehead atoms. The second kappa shape index (κ2) is 5.96. The molecular weight excluding hydrogens is 214 g/mol. The van der Waals surface area contributed by atoms with Crippen molar-refractivity contribution >= 4 is 17.7 Å². The van der Waals surface area contributed by atoms with Crippen LogP contribution in [0, 0.1) is 0 Å². The first-order chi connectivity index (χ1) is 7.22. The monoisotopic (exact) mass is 223 g/mol. The third-order valence-corrected chi connectivity index (χ3v) is 1.89. The second-order valence-corrected chi connectivity index (χ2v) is 3.32. The molecule has 1 aromatic carbocycles. The summed E-state index contributed by atoms with van der Waals surface area (Å²) in [5, 5.41) is 13.1. The Labute approximate surface area is 92.4 Å². The molecule has 0 heterocycles. The molecule has 0 saturated heterocycles. The van der Waals surface area contributed by atoms with Gasteiger partial charge in [0.2, 0.25) is 0 Å². The van der Waals surface area contributed by atoms with Crippen LogP contribution >= 0.6 is 11.6 Å². The number of aromatic hydroxyl groups is 1. The van der Waals surface area contributed by atoms with Crippen molar-refractivity contribution < 1.29 is 5.11 Å². The van der Waals surface area contributed by atoms with Crippen LogP contribution in [0.4, 0.5) is 0 Å². The topological polar surface area (TPSA) is 69.0 Å². The summed E-state index contributed by atoms with van der Waals surface area (Å²) in [6.07, 6.45) is 4.34. The smallest absolute Gasteiger partial charge is 0.117 e. The molecule has 0 amide bonds. The van der Waals surface area contributed by atoms with E-state index in [4.69, 9.17) is 17.1 Å². The maximum atomic E-state index is 9.25. The van der Waals surface area contributed by atoms with Crippen LogP contribution in [0.2, 0.25) is 5.02 Å². The SMILES string of the molecule is [N-]=[N+]=NCCC=Cc1cc(O)cc(Cl)c1. The predicted molar refractivity (Wildman–Crippen MR) is 60.8 cm³/mol. The average molecular weight is 224 g/mol. The number of hydrogen-bond acceptors (Lipinski definition) is 2. The zero-order valence-corrected chi connectivity index (χ0v) is 8.72. The Kier molecular flexibility index (Phi) is 4.54. The summed E-state index contributed by atoms with van der Waals surface area (Å²) in [4.78, 5) is 2.64. The third kappa shape index (κ3) is 4.40. The summed E-state index contributed by atoms with van der Waals surface area (Å²) in [5.41, 5.74) is 8.86. The van der Waals surface area contributed by atoms with Gasteiger partial charge in [0.05, 0.1) is 0 Å². The summed E-state index contributed by atoms with van der Waals surface area (Å²) in [5.74, 6) is 0.136. The third-order valence-electron chi connectivity index (χ3n) is 1.67. The molecule has 0 fully saturated rings. The van der Waals surface area contributed by atoms with E-state index in [1.165, 1.54) is 6.07 Å². The molecule has 1 rings (SSSR count). The zero-order chi connectivity index (χ0) is 11.1. The highest BCUT2D eigenvalue weighted by Gasteiger charge is 1.94. The Bertz CT molecular complexity index is 391. The van der Waals surface area contributed by atoms with E-state index in [9.17, 15) is 5.11 Å². The first-order valence-corrected chi connectivity index (χ1v) is 4.77. The molecule has 0 aliphatic carbocycles. The van der Waals surface area contributed by atoms with E-state index in [2.05, 4.69) is 10.0 Å². The number of rotatable bonds is 4. The van der Waals surface area contributed by atoms with E-state index in [0.29, 0.717) is 18.0 Å². The number of halogens is 1. The van der Waals surface area contributed by atoms with Crippen molar-refractivity contribution in [3.05, 3.63) is 45.3 Å². The van der Waals surface area contributed by atoms with E-state index in [-0.39, 0.29) is 5.75 Å². The van der Waals surface area contributed by atoms with E-state index < -0.39 is 0 Å². The molecule has 0 atom stereocenters. The van der Waals surface area contributed by atoms with Gasteiger partial charge in [0.1, 0.15) is 5.75 Å². The van der Waals surface area contributed by atoms with Crippen LogP contribution in [-0.4, -0.2) is 11.7 Å². The molecule has 0 aromatic heterocycles. The maximum absolute atomic E-state index is 9.25. The Morgan fingerprint density at radius 2 is 2.27 bits per heavy atom. The van der Waals surface area contributed by atoms with Crippen molar-refractivity contribution in [3.63, 3.8) is 0 Å². The van der Waals surface area contributed by atoms with Gasteiger partial charge in [-0.15, -0.1) is 0 Å². The molecule has 0 aliphatic heterocycles. The number of nitrogens with zero attached hydrogens (tertiary/aromatic N) is 3. The van der Waals surface area contributed by atoms with Crippen molar-refractivity contribution in [1.29, 1.82) is 0 Å². The highest BCUT2D eigenvalue weighted by Crippen LogP contribution is 2.20. The summed E-state index contributed by atoms with van der Waals surface area (Å²) >= 11 is 5.75. The molecule has 0 aliphatic rings. The van der Waals surface area contributed by atoms with Crippen molar-refractivity contribution in [1.82, 2.24) is 0 Å². The fourth-order valence-electron chi connectivity index (χ4n) is 1.09. The quantitative estimate of drug-likeness (QED) is 0.359. The van der Waals surface area contributed by atoms with Crippen LogP contribution in [-0.2, 0) is 0 Å². The summed E-state index contributed by atoms with van der Waals surface area (Å²) in [6, 6.07) is 4.82. The number of phenols is 1. The first kappa shape index (κ1) is 11.4. The predicted octanol–water partition coefficient (Wildman–Crippen LogP) is 3.76. The van der Waals surface area contributed by atoms with Crippen LogP contribution in [0.3, 0.4) is 0 Å². The maximum Gasteiger partial charge on any atom is 0.117 e. The van der Waals surface area contributed by atoms with Crippen molar-refractivity contribution in [2.75, 3.05) is 6.54 Å². The van der Waals surface area contributed by atoms with Gasteiger partial charge >= 0.3 is 0 Å². The van der Waals surface area contributed by atoms with Crippen LogP contribution < -0.4 is 0 Å². The molecule has 0 unspecified atom stereocenters. The van der Waals surface area contributed by atoms with Crippen LogP contribution in [0.15, 0.2) is 29.4 Å². The van der Waals surface area contributed by atoms with Crippen LogP contribution in [0.25, 0.3) is 16.5 Å². The van der Waals surface area contributed by atoms with Gasteiger partial charge in [-0.2, -0.15) is 0 Å². The van der Waals surface area contributed by atoms with Crippen molar-refractivity contribution in [2.24, 2.45) is 5.11 Å². The second-order valence-electron chi connectivity index (χ2n) is 2.89. The van der Waals surface area contributed by atoms with Gasteiger partial charge in [0.15, 0.2) is 0 Å². The van der Waals surface area contributed by atoms with Crippen LogP contribution in [0.1, 0.15) is 12.0 Å². The Morgan fingerprint density at radius 1 is 1.47 bits per heavy atom. The Morgan fingerprint density at radius 3 is 2.93 bits per heavy atom. The summed E-state index contributed by atoms with van der Waals surface area (Å²) in [7, 11) is 0. The largest absolute Gasteiger partial charge is 0.508 e. The minimum absolute atomic E-state index is 0.136. The molecule has 0 saturated carbocycles. The average Bonchev–Trinajstić information content (AvgIpc) is 2.16. The fraction of sp³-hybridized carbons (Fsp3) is 0.200.